The van der Waals surface area contributed by atoms with Crippen LogP contribution < -0.4 is 14.8 Å². The van der Waals surface area contributed by atoms with Gasteiger partial charge in [0, 0.05) is 49.8 Å². The van der Waals surface area contributed by atoms with Gasteiger partial charge in [0.25, 0.3) is 0 Å². The standard InChI is InChI=1S/C14H18N2O4/c1-19-11-7-10(8-12(9-11)20-2)15-5-6-16-13(17)3-4-14(16)18/h7-9,15H,3-6H2,1-2H3. The van der Waals surface area contributed by atoms with Crippen LogP contribution in [0.25, 0.3) is 0 Å². The number of benzene rings is 1. The highest BCUT2D eigenvalue weighted by atomic mass is 16.5. The van der Waals surface area contributed by atoms with Crippen molar-refractivity contribution in [3.63, 3.8) is 0 Å². The van der Waals surface area contributed by atoms with Crippen LogP contribution in [0.5, 0.6) is 11.5 Å². The van der Waals surface area contributed by atoms with Crippen molar-refractivity contribution in [2.45, 2.75) is 12.8 Å². The summed E-state index contributed by atoms with van der Waals surface area (Å²) in [6.45, 7) is 0.866. The van der Waals surface area contributed by atoms with Gasteiger partial charge in [-0.15, -0.1) is 0 Å². The van der Waals surface area contributed by atoms with Gasteiger partial charge >= 0.3 is 0 Å². The number of nitrogens with one attached hydrogen (secondary N) is 1. The second-order valence-electron chi connectivity index (χ2n) is 4.47. The predicted octanol–water partition coefficient (Wildman–Crippen LogP) is 1.26. The quantitative estimate of drug-likeness (QED) is 0.794. The number of methoxy groups -OCH3 is 2. The van der Waals surface area contributed by atoms with Crippen LogP contribution in [-0.4, -0.2) is 44.0 Å². The van der Waals surface area contributed by atoms with Gasteiger partial charge in [-0.05, 0) is 0 Å². The minimum atomic E-state index is -0.0972. The summed E-state index contributed by atoms with van der Waals surface area (Å²) in [7, 11) is 3.17. The van der Waals surface area contributed by atoms with Crippen molar-refractivity contribution in [1.29, 1.82) is 0 Å². The highest BCUT2D eigenvalue weighted by Crippen LogP contribution is 2.25. The van der Waals surface area contributed by atoms with Crippen LogP contribution in [0.4, 0.5) is 5.69 Å². The van der Waals surface area contributed by atoms with Gasteiger partial charge in [0.05, 0.1) is 14.2 Å². The van der Waals surface area contributed by atoms with E-state index >= 15 is 0 Å². The van der Waals surface area contributed by atoms with E-state index in [1.165, 1.54) is 4.90 Å². The molecular weight excluding hydrogens is 260 g/mol. The predicted molar refractivity (Wildman–Crippen MR) is 74.0 cm³/mol. The first kappa shape index (κ1) is 14.2. The topological polar surface area (TPSA) is 67.9 Å². The summed E-state index contributed by atoms with van der Waals surface area (Å²) in [5.41, 5.74) is 0.820. The van der Waals surface area contributed by atoms with Gasteiger partial charge in [-0.1, -0.05) is 0 Å². The van der Waals surface area contributed by atoms with Gasteiger partial charge in [0.1, 0.15) is 11.5 Å². The lowest BCUT2D eigenvalue weighted by atomic mass is 10.2. The molecule has 0 radical (unpaired) electrons. The molecule has 20 heavy (non-hydrogen) atoms. The third-order valence-electron chi connectivity index (χ3n) is 3.17. The number of carbonyl (C=O) groups excluding carboxylic acids is 2. The Balaban J connectivity index is 1.93. The number of hydrogen-bond donors (Lipinski definition) is 1. The lowest BCUT2D eigenvalue weighted by Gasteiger charge is -2.15. The molecule has 1 fully saturated rings. The molecule has 0 aromatic heterocycles. The van der Waals surface area contributed by atoms with E-state index in [0.717, 1.165) is 5.69 Å². The van der Waals surface area contributed by atoms with Crippen LogP contribution in [-0.2, 0) is 9.59 Å². The number of anilines is 1. The van der Waals surface area contributed by atoms with Crippen LogP contribution in [0, 0.1) is 0 Å². The molecule has 1 heterocycles. The fourth-order valence-electron chi connectivity index (χ4n) is 2.09. The highest BCUT2D eigenvalue weighted by molar-refractivity contribution is 6.01. The zero-order chi connectivity index (χ0) is 14.5. The Morgan fingerprint density at radius 2 is 1.60 bits per heavy atom. The number of hydrogen-bond acceptors (Lipinski definition) is 5. The fourth-order valence-corrected chi connectivity index (χ4v) is 2.09. The molecule has 108 valence electrons. The van der Waals surface area contributed by atoms with E-state index < -0.39 is 0 Å². The Labute approximate surface area is 117 Å². The van der Waals surface area contributed by atoms with Crippen molar-refractivity contribution < 1.29 is 19.1 Å². The van der Waals surface area contributed by atoms with Gasteiger partial charge in [0.2, 0.25) is 11.8 Å². The van der Waals surface area contributed by atoms with Gasteiger partial charge in [-0.2, -0.15) is 0 Å². The van der Waals surface area contributed by atoms with Gasteiger partial charge in [0.15, 0.2) is 0 Å². The number of likely N-dealkylation sites (tertiary alicyclic amines) is 1. The third kappa shape index (κ3) is 3.20. The molecule has 1 saturated heterocycles. The monoisotopic (exact) mass is 278 g/mol. The van der Waals surface area contributed by atoms with Crippen molar-refractivity contribution in [3.05, 3.63) is 18.2 Å². The molecule has 2 amide bonds. The molecule has 0 spiro atoms. The second kappa shape index (κ2) is 6.27. The molecular formula is C14H18N2O4. The Morgan fingerprint density at radius 1 is 1.05 bits per heavy atom. The van der Waals surface area contributed by atoms with Crippen LogP contribution in [0.3, 0.4) is 0 Å². The van der Waals surface area contributed by atoms with Crippen molar-refractivity contribution in [1.82, 2.24) is 4.90 Å². The van der Waals surface area contributed by atoms with Crippen molar-refractivity contribution in [2.24, 2.45) is 0 Å². The molecule has 0 aliphatic carbocycles. The molecule has 1 aliphatic rings. The molecule has 1 aliphatic heterocycles. The summed E-state index contributed by atoms with van der Waals surface area (Å²) in [5.74, 6) is 1.17. The third-order valence-corrected chi connectivity index (χ3v) is 3.17. The summed E-state index contributed by atoms with van der Waals surface area (Å²) >= 11 is 0. The Morgan fingerprint density at radius 3 is 2.10 bits per heavy atom. The van der Waals surface area contributed by atoms with Crippen LogP contribution in [0.1, 0.15) is 12.8 Å². The molecule has 2 rings (SSSR count). The molecule has 0 bridgehead atoms. The molecule has 1 aromatic carbocycles. The average Bonchev–Trinajstić information content (AvgIpc) is 2.78. The van der Waals surface area contributed by atoms with E-state index in [0.29, 0.717) is 37.4 Å². The first-order chi connectivity index (χ1) is 9.63. The maximum absolute atomic E-state index is 11.5. The lowest BCUT2D eigenvalue weighted by Crippen LogP contribution is -2.33. The Kier molecular flexibility index (Phi) is 4.45. The maximum atomic E-state index is 11.5. The van der Waals surface area contributed by atoms with Crippen molar-refractivity contribution in [3.8, 4) is 11.5 Å². The summed E-state index contributed by atoms with van der Waals surface area (Å²) in [6, 6.07) is 5.44. The lowest BCUT2D eigenvalue weighted by molar-refractivity contribution is -0.138. The number of ether oxygens (including phenoxy) is 2. The molecule has 1 aromatic rings. The van der Waals surface area contributed by atoms with E-state index in [4.69, 9.17) is 9.47 Å². The Hall–Kier alpha value is -2.24. The first-order valence-corrected chi connectivity index (χ1v) is 6.44. The largest absolute Gasteiger partial charge is 0.497 e. The average molecular weight is 278 g/mol. The van der Waals surface area contributed by atoms with Crippen molar-refractivity contribution >= 4 is 17.5 Å². The van der Waals surface area contributed by atoms with E-state index in [-0.39, 0.29) is 11.8 Å². The smallest absolute Gasteiger partial charge is 0.229 e. The van der Waals surface area contributed by atoms with Crippen molar-refractivity contribution in [2.75, 3.05) is 32.6 Å². The minimum Gasteiger partial charge on any atom is -0.497 e. The SMILES string of the molecule is COc1cc(NCCN2C(=O)CCC2=O)cc(OC)c1. The fraction of sp³-hybridized carbons (Fsp3) is 0.429. The summed E-state index contributed by atoms with van der Waals surface area (Å²) < 4.78 is 10.3. The molecule has 0 unspecified atom stereocenters. The summed E-state index contributed by atoms with van der Waals surface area (Å²) in [4.78, 5) is 24.2. The molecule has 0 atom stereocenters. The maximum Gasteiger partial charge on any atom is 0.229 e. The number of carbonyl (C=O) groups is 2. The minimum absolute atomic E-state index is 0.0972. The van der Waals surface area contributed by atoms with Crippen LogP contribution in [0.2, 0.25) is 0 Å². The van der Waals surface area contributed by atoms with E-state index in [1.54, 1.807) is 20.3 Å². The van der Waals surface area contributed by atoms with Gasteiger partial charge in [-0.3, -0.25) is 14.5 Å². The number of amides is 2. The van der Waals surface area contributed by atoms with E-state index in [9.17, 15) is 9.59 Å². The molecule has 0 saturated carbocycles. The second-order valence-corrected chi connectivity index (χ2v) is 4.47. The number of rotatable bonds is 6. The Bertz CT molecular complexity index is 478. The summed E-state index contributed by atoms with van der Waals surface area (Å²) in [6.07, 6.45) is 0.650. The van der Waals surface area contributed by atoms with E-state index in [2.05, 4.69) is 5.32 Å². The normalized spacial score (nSPS) is 14.6. The van der Waals surface area contributed by atoms with Crippen LogP contribution in [0.15, 0.2) is 18.2 Å². The highest BCUT2D eigenvalue weighted by Gasteiger charge is 2.27. The van der Waals surface area contributed by atoms with Crippen LogP contribution >= 0.6 is 0 Å². The zero-order valence-corrected chi connectivity index (χ0v) is 11.6. The molecule has 6 heteroatoms. The number of imide groups is 1. The first-order valence-electron chi connectivity index (χ1n) is 6.44. The van der Waals surface area contributed by atoms with E-state index in [1.807, 2.05) is 12.1 Å². The molecule has 1 N–H and O–H groups in total. The van der Waals surface area contributed by atoms with Gasteiger partial charge in [-0.25, -0.2) is 0 Å². The summed E-state index contributed by atoms with van der Waals surface area (Å²) in [5, 5.41) is 3.16. The zero-order valence-electron chi connectivity index (χ0n) is 11.6. The number of nitrogens with zero attached hydrogens (tertiary/aromatic N) is 1. The molecule has 6 nitrogen and oxygen atoms in total. The van der Waals surface area contributed by atoms with Gasteiger partial charge < -0.3 is 14.8 Å².